The lowest BCUT2D eigenvalue weighted by Gasteiger charge is -1.98. The Kier molecular flexibility index (Phi) is 8.88. The third-order valence-corrected chi connectivity index (χ3v) is 3.93. The molecular weight excluding hydrogens is 360 g/mol. The maximum Gasteiger partial charge on any atom is 0.348 e. The number of thiophene rings is 1. The van der Waals surface area contributed by atoms with Crippen molar-refractivity contribution in [2.75, 3.05) is 6.61 Å². The summed E-state index contributed by atoms with van der Waals surface area (Å²) in [5, 5.41) is 5.26. The predicted molar refractivity (Wildman–Crippen MR) is 90.4 cm³/mol. The highest BCUT2D eigenvalue weighted by atomic mass is 35.5. The average Bonchev–Trinajstić information content (AvgIpc) is 2.76. The van der Waals surface area contributed by atoms with Crippen molar-refractivity contribution >= 4 is 46.0 Å². The minimum Gasteiger partial charge on any atom is -1.00 e. The van der Waals surface area contributed by atoms with Crippen LogP contribution >= 0.6 is 24.0 Å². The first kappa shape index (κ1) is 21.4. The molecule has 2 aromatic rings. The largest absolute Gasteiger partial charge is 1.00 e. The van der Waals surface area contributed by atoms with Gasteiger partial charge in [0.05, 0.1) is 12.0 Å². The van der Waals surface area contributed by atoms with Crippen molar-refractivity contribution in [2.24, 2.45) is 5.73 Å². The predicted octanol–water partition coefficient (Wildman–Crippen LogP) is -2.97. The van der Waals surface area contributed by atoms with Gasteiger partial charge in [0.15, 0.2) is 0 Å². The second-order valence-electron chi connectivity index (χ2n) is 4.37. The molecule has 0 aliphatic heterocycles. The Morgan fingerprint density at radius 3 is 2.57 bits per heavy atom. The molecule has 2 rings (SSSR count). The van der Waals surface area contributed by atoms with Crippen LogP contribution in [0.1, 0.15) is 34.9 Å². The highest BCUT2D eigenvalue weighted by molar-refractivity contribution is 7.79. The van der Waals surface area contributed by atoms with Crippen LogP contribution in [0.25, 0.3) is 10.2 Å². The molecule has 0 aliphatic rings. The number of nitrogens with one attached hydrogen (secondary N) is 1. The summed E-state index contributed by atoms with van der Waals surface area (Å²) in [5.41, 5.74) is 5.18. The van der Waals surface area contributed by atoms with Gasteiger partial charge in [0.1, 0.15) is 15.5 Å². The Morgan fingerprint density at radius 1 is 1.52 bits per heavy atom. The maximum absolute atomic E-state index is 11.9. The number of halogens is 1. The van der Waals surface area contributed by atoms with Crippen LogP contribution in [0.3, 0.4) is 0 Å². The first-order valence-electron chi connectivity index (χ1n) is 6.46. The Balaban J connectivity index is 0.000000871. The number of thiol groups is 1. The van der Waals surface area contributed by atoms with Crippen molar-refractivity contribution in [3.63, 3.8) is 0 Å². The number of aromatic amines is 1. The van der Waals surface area contributed by atoms with Crippen LogP contribution in [-0.4, -0.2) is 28.4 Å². The van der Waals surface area contributed by atoms with Gasteiger partial charge in [-0.2, -0.15) is 12.6 Å². The fourth-order valence-electron chi connectivity index (χ4n) is 1.65. The fraction of sp³-hybridized carbons (Fsp3) is 0.385. The molecule has 0 aromatic carbocycles. The molecule has 23 heavy (non-hydrogen) atoms. The lowest BCUT2D eigenvalue weighted by molar-refractivity contribution is -0.115. The van der Waals surface area contributed by atoms with Crippen LogP contribution in [0.4, 0.5) is 0 Å². The lowest BCUT2D eigenvalue weighted by Crippen LogP contribution is -3.00. The molecule has 0 radical (unpaired) electrons. The van der Waals surface area contributed by atoms with Gasteiger partial charge < -0.3 is 22.1 Å². The van der Waals surface area contributed by atoms with E-state index in [9.17, 15) is 9.59 Å². The first-order valence-corrected chi connectivity index (χ1v) is 7.91. The van der Waals surface area contributed by atoms with Gasteiger partial charge in [-0.25, -0.2) is 9.78 Å². The number of ether oxygens (including phenoxy) is 1. The van der Waals surface area contributed by atoms with E-state index in [1.54, 1.807) is 20.8 Å². The summed E-state index contributed by atoms with van der Waals surface area (Å²) in [6, 6.07) is 0. The molecule has 128 valence electrons. The van der Waals surface area contributed by atoms with Crippen LogP contribution in [0.2, 0.25) is 0 Å². The van der Waals surface area contributed by atoms with Crippen molar-refractivity contribution in [3.8, 4) is 0 Å². The molecule has 2 heterocycles. The van der Waals surface area contributed by atoms with Gasteiger partial charge in [0.25, 0.3) is 5.56 Å². The van der Waals surface area contributed by atoms with E-state index >= 15 is 0 Å². The minimum absolute atomic E-state index is 0. The molecule has 10 heteroatoms. The third-order valence-electron chi connectivity index (χ3n) is 2.46. The molecular formula is C13H19ClN4O3S2. The van der Waals surface area contributed by atoms with Gasteiger partial charge in [-0.05, 0) is 19.4 Å². The van der Waals surface area contributed by atoms with E-state index in [4.69, 9.17) is 15.9 Å². The van der Waals surface area contributed by atoms with Gasteiger partial charge in [-0.1, -0.05) is 0 Å². The number of hydrogen-bond donors (Lipinski definition) is 4. The smallest absolute Gasteiger partial charge is 0.348 e. The van der Waals surface area contributed by atoms with Gasteiger partial charge in [0, 0.05) is 12.7 Å². The highest BCUT2D eigenvalue weighted by Crippen LogP contribution is 2.27. The van der Waals surface area contributed by atoms with Gasteiger partial charge >= 0.3 is 5.97 Å². The summed E-state index contributed by atoms with van der Waals surface area (Å²) < 4.78 is 4.95. The van der Waals surface area contributed by atoms with Crippen molar-refractivity contribution in [1.29, 1.82) is 0 Å². The van der Waals surface area contributed by atoms with Crippen LogP contribution in [-0.2, 0) is 10.5 Å². The summed E-state index contributed by atoms with van der Waals surface area (Å²) in [5.74, 6) is 0.842. The van der Waals surface area contributed by atoms with Crippen molar-refractivity contribution in [3.05, 3.63) is 26.6 Å². The number of rotatable bonds is 3. The molecule has 5 N–H and O–H groups in total. The second-order valence-corrected chi connectivity index (χ2v) is 5.69. The molecule has 0 bridgehead atoms. The zero-order chi connectivity index (χ0) is 16.9. The number of esters is 1. The molecule has 7 nitrogen and oxygen atoms in total. The van der Waals surface area contributed by atoms with E-state index in [-0.39, 0.29) is 18.0 Å². The molecule has 0 spiro atoms. The quantitative estimate of drug-likeness (QED) is 0.196. The van der Waals surface area contributed by atoms with Crippen molar-refractivity contribution in [1.82, 2.24) is 9.97 Å². The third kappa shape index (κ3) is 5.52. The molecule has 2 aromatic heterocycles. The number of aryl methyl sites for hydroxylation is 1. The summed E-state index contributed by atoms with van der Waals surface area (Å²) in [4.78, 5) is 31.5. The van der Waals surface area contributed by atoms with E-state index in [1.807, 2.05) is 0 Å². The molecule has 0 saturated heterocycles. The number of amidine groups is 1. The number of fused-ring (bicyclic) bond motifs is 1. The van der Waals surface area contributed by atoms with E-state index in [0.29, 0.717) is 44.7 Å². The number of carbonyl (C=O) groups is 1. The molecule has 0 amide bonds. The zero-order valence-corrected chi connectivity index (χ0v) is 15.4. The van der Waals surface area contributed by atoms with Crippen molar-refractivity contribution in [2.45, 2.75) is 26.5 Å². The van der Waals surface area contributed by atoms with E-state index < -0.39 is 5.97 Å². The number of nitrogens with two attached hydrogens (primary N) is 2. The maximum atomic E-state index is 11.9. The number of nitrogens with zero attached hydrogens (tertiary/aromatic N) is 1. The van der Waals surface area contributed by atoms with E-state index in [2.05, 4.69) is 22.6 Å². The number of carbonyl (C=O) groups excluding carboxylic acids is 1. The average molecular weight is 379 g/mol. The summed E-state index contributed by atoms with van der Waals surface area (Å²) in [6.07, 6.45) is 0. The van der Waals surface area contributed by atoms with E-state index in [0.717, 1.165) is 0 Å². The molecule has 0 saturated carbocycles. The zero-order valence-electron chi connectivity index (χ0n) is 13.0. The Morgan fingerprint density at radius 2 is 2.09 bits per heavy atom. The van der Waals surface area contributed by atoms with E-state index in [1.165, 1.54) is 11.3 Å². The van der Waals surface area contributed by atoms with Crippen LogP contribution in [0.5, 0.6) is 0 Å². The number of aromatic nitrogens is 2. The van der Waals surface area contributed by atoms with Crippen LogP contribution in [0.15, 0.2) is 4.79 Å². The Bertz CT molecular complexity index is 753. The van der Waals surface area contributed by atoms with Crippen LogP contribution in [0, 0.1) is 6.92 Å². The van der Waals surface area contributed by atoms with Crippen molar-refractivity contribution < 1.29 is 27.3 Å². The first-order chi connectivity index (χ1) is 10.3. The number of hydrogen-bond acceptors (Lipinski definition) is 6. The lowest BCUT2D eigenvalue weighted by atomic mass is 10.2. The Labute approximate surface area is 149 Å². The highest BCUT2D eigenvalue weighted by Gasteiger charge is 2.19. The summed E-state index contributed by atoms with van der Waals surface area (Å²) in [7, 11) is 0. The molecule has 0 fully saturated rings. The Hall–Kier alpha value is -1.58. The topological polar surface area (TPSA) is 124 Å². The van der Waals surface area contributed by atoms with Gasteiger partial charge in [0.2, 0.25) is 5.84 Å². The van der Waals surface area contributed by atoms with Crippen LogP contribution < -0.4 is 29.1 Å². The standard InChI is InChI=1S/C11H12N2O3S2.C2H6N2.ClH/c1-3-16-11(15)8-5(2)7-9(14)12-6(4-17)13-10(7)18-8;1-2(3)4;/h17H,3-4H2,1-2H3,(H,12,13,14);1H3,(H3,3,4);1H. The summed E-state index contributed by atoms with van der Waals surface area (Å²) in [6.45, 7) is 5.41. The normalized spacial score (nSPS) is 9.57. The monoisotopic (exact) mass is 378 g/mol. The fourth-order valence-corrected chi connectivity index (χ4v) is 2.90. The molecule has 0 aliphatic carbocycles. The second kappa shape index (κ2) is 9.53. The number of H-pyrrole nitrogens is 1. The summed E-state index contributed by atoms with van der Waals surface area (Å²) >= 11 is 5.25. The SMILES string of the molecule is CC(N)=[NH2+].CCOC(=O)c1sc2nc(CS)[nH]c(=O)c2c1C.[Cl-]. The van der Waals surface area contributed by atoms with Gasteiger partial charge in [-0.3, -0.25) is 15.9 Å². The molecule has 0 atom stereocenters. The van der Waals surface area contributed by atoms with Gasteiger partial charge in [-0.15, -0.1) is 11.3 Å². The minimum atomic E-state index is -0.412. The molecule has 0 unspecified atom stereocenters.